The third kappa shape index (κ3) is 4.92. The summed E-state index contributed by atoms with van der Waals surface area (Å²) >= 11 is 1.43. The van der Waals surface area contributed by atoms with E-state index in [1.54, 1.807) is 14.0 Å². The van der Waals surface area contributed by atoms with Crippen LogP contribution in [0.25, 0.3) is 0 Å². The van der Waals surface area contributed by atoms with Crippen molar-refractivity contribution in [3.8, 4) is 5.88 Å². The molecule has 1 aliphatic carbocycles. The van der Waals surface area contributed by atoms with Gasteiger partial charge in [-0.25, -0.2) is 14.4 Å². The summed E-state index contributed by atoms with van der Waals surface area (Å²) in [7, 11) is 1.60. The zero-order chi connectivity index (χ0) is 25.6. The van der Waals surface area contributed by atoms with Gasteiger partial charge in [-0.15, -0.1) is 0 Å². The van der Waals surface area contributed by atoms with Crippen molar-refractivity contribution in [1.29, 1.82) is 0 Å². The lowest BCUT2D eigenvalue weighted by Crippen LogP contribution is -2.37. The van der Waals surface area contributed by atoms with Gasteiger partial charge in [-0.2, -0.15) is 13.2 Å². The molecule has 4 atom stereocenters. The second-order valence-electron chi connectivity index (χ2n) is 8.64. The molecule has 13 heteroatoms. The maximum absolute atomic E-state index is 14.9. The molecule has 1 fully saturated rings. The number of fused-ring (bicyclic) bond motifs is 1. The molecule has 2 heterocycles. The van der Waals surface area contributed by atoms with E-state index in [1.165, 1.54) is 30.0 Å². The van der Waals surface area contributed by atoms with Crippen molar-refractivity contribution in [2.75, 3.05) is 19.0 Å². The Bertz CT molecular complexity index is 1160. The zero-order valence-corrected chi connectivity index (χ0v) is 19.8. The average molecular weight is 514 g/mol. The van der Waals surface area contributed by atoms with Gasteiger partial charge < -0.3 is 20.5 Å². The molecule has 188 valence electrons. The molecule has 2 aliphatic rings. The van der Waals surface area contributed by atoms with E-state index >= 15 is 0 Å². The number of nitrogens with two attached hydrogens (primary N) is 1. The van der Waals surface area contributed by atoms with Gasteiger partial charge in [0.1, 0.15) is 11.5 Å². The maximum Gasteiger partial charge on any atom is 0.425 e. The summed E-state index contributed by atoms with van der Waals surface area (Å²) in [5.41, 5.74) is 5.51. The summed E-state index contributed by atoms with van der Waals surface area (Å²) in [5, 5.41) is 2.94. The van der Waals surface area contributed by atoms with Crippen LogP contribution in [0, 0.1) is 11.7 Å². The highest BCUT2D eigenvalue weighted by Crippen LogP contribution is 2.66. The first-order valence-electron chi connectivity index (χ1n) is 10.6. The van der Waals surface area contributed by atoms with Crippen LogP contribution in [0.4, 0.5) is 23.2 Å². The topological polar surface area (TPSA) is 112 Å². The number of benzene rings is 1. The second kappa shape index (κ2) is 8.94. The van der Waals surface area contributed by atoms with Gasteiger partial charge in [-0.05, 0) is 38.5 Å². The highest BCUT2D eigenvalue weighted by atomic mass is 32.2. The Morgan fingerprint density at radius 1 is 1.34 bits per heavy atom. The van der Waals surface area contributed by atoms with Crippen LogP contribution < -0.4 is 15.8 Å². The number of nitrogens with zero attached hydrogens (tertiary/aromatic N) is 3. The number of carbonyl (C=O) groups is 1. The van der Waals surface area contributed by atoms with E-state index in [4.69, 9.17) is 10.5 Å². The van der Waals surface area contributed by atoms with Crippen LogP contribution in [-0.4, -0.2) is 51.8 Å². The minimum absolute atomic E-state index is 0.00907. The van der Waals surface area contributed by atoms with Crippen LogP contribution in [0.1, 0.15) is 36.3 Å². The van der Waals surface area contributed by atoms with Crippen LogP contribution in [-0.2, 0) is 10.3 Å². The molecule has 0 bridgehead atoms. The van der Waals surface area contributed by atoms with Crippen molar-refractivity contribution in [1.82, 2.24) is 9.97 Å². The van der Waals surface area contributed by atoms with Crippen molar-refractivity contribution < 1.29 is 31.8 Å². The number of amides is 1. The number of hydrogen-bond donors (Lipinski definition) is 2. The molecule has 1 amide bonds. The van der Waals surface area contributed by atoms with Gasteiger partial charge in [-0.1, -0.05) is 11.8 Å². The molecule has 1 aromatic heterocycles. The van der Waals surface area contributed by atoms with E-state index in [1.807, 2.05) is 0 Å². The summed E-state index contributed by atoms with van der Waals surface area (Å²) in [4.78, 5) is 24.7. The van der Waals surface area contributed by atoms with E-state index < -0.39 is 29.5 Å². The molecule has 0 saturated heterocycles. The van der Waals surface area contributed by atoms with Gasteiger partial charge in [0, 0.05) is 24.3 Å². The number of amidine groups is 1. The minimum Gasteiger partial charge on any atom is -0.464 e. The number of rotatable bonds is 7. The largest absolute Gasteiger partial charge is 0.464 e. The molecule has 1 aliphatic heterocycles. The maximum atomic E-state index is 14.9. The normalized spacial score (nSPS) is 26.4. The summed E-state index contributed by atoms with van der Waals surface area (Å²) in [6.07, 6.45) is -3.98. The summed E-state index contributed by atoms with van der Waals surface area (Å²) < 4.78 is 62.6. The monoisotopic (exact) mass is 513 g/mol. The molecule has 8 nitrogen and oxygen atoms in total. The van der Waals surface area contributed by atoms with Crippen LogP contribution in [0.15, 0.2) is 35.6 Å². The zero-order valence-electron chi connectivity index (χ0n) is 19.0. The number of hydrogen-bond acceptors (Lipinski definition) is 8. The molecule has 1 aromatic carbocycles. The van der Waals surface area contributed by atoms with E-state index in [-0.39, 0.29) is 33.5 Å². The Labute approximate surface area is 202 Å². The lowest BCUT2D eigenvalue weighted by Gasteiger charge is -2.34. The van der Waals surface area contributed by atoms with Gasteiger partial charge in [0.2, 0.25) is 5.88 Å². The predicted octanol–water partition coefficient (Wildman–Crippen LogP) is 3.88. The first-order valence-corrected chi connectivity index (χ1v) is 11.4. The average Bonchev–Trinajstić information content (AvgIpc) is 3.49. The first kappa shape index (κ1) is 25.2. The smallest absolute Gasteiger partial charge is 0.425 e. The van der Waals surface area contributed by atoms with Gasteiger partial charge in [0.15, 0.2) is 11.3 Å². The summed E-state index contributed by atoms with van der Waals surface area (Å²) in [5.74, 6) is -1.56. The molecule has 0 radical (unpaired) electrons. The van der Waals surface area contributed by atoms with Crippen LogP contribution in [0.5, 0.6) is 5.88 Å². The van der Waals surface area contributed by atoms with E-state index in [2.05, 4.69) is 25.0 Å². The molecule has 1 saturated carbocycles. The second-order valence-corrected chi connectivity index (χ2v) is 10.1. The van der Waals surface area contributed by atoms with Crippen molar-refractivity contribution in [3.05, 3.63) is 47.7 Å². The van der Waals surface area contributed by atoms with Gasteiger partial charge in [0.05, 0.1) is 29.3 Å². The van der Waals surface area contributed by atoms with E-state index in [0.29, 0.717) is 11.8 Å². The molecule has 3 N–H and O–H groups in total. The number of anilines is 1. The number of carbonyl (C=O) groups excluding carboxylic acids is 1. The Morgan fingerprint density at radius 2 is 2.09 bits per heavy atom. The SMILES string of the molecule is COC[C@]12C[C@H]1[C@](C)(c1cc(NC(=O)c3cnc(O[C@@H](C)C(F)(F)F)cn3)ccc1F)N=C(N)S2. The fraction of sp³-hybridized carbons (Fsp3) is 0.455. The predicted molar refractivity (Wildman–Crippen MR) is 122 cm³/mol. The molecular weight excluding hydrogens is 490 g/mol. The Kier molecular flexibility index (Phi) is 6.43. The number of nitrogens with one attached hydrogen (secondary N) is 1. The highest BCUT2D eigenvalue weighted by molar-refractivity contribution is 8.15. The Balaban J connectivity index is 1.52. The number of aromatic nitrogens is 2. The van der Waals surface area contributed by atoms with Crippen LogP contribution >= 0.6 is 11.8 Å². The number of aliphatic imine (C=N–C) groups is 1. The van der Waals surface area contributed by atoms with Gasteiger partial charge >= 0.3 is 6.18 Å². The molecular formula is C22H23F4N5O3S. The third-order valence-electron chi connectivity index (χ3n) is 6.13. The van der Waals surface area contributed by atoms with E-state index in [0.717, 1.165) is 25.7 Å². The quantitative estimate of drug-likeness (QED) is 0.541. The summed E-state index contributed by atoms with van der Waals surface area (Å²) in [6, 6.07) is 4.10. The highest BCUT2D eigenvalue weighted by Gasteiger charge is 2.66. The van der Waals surface area contributed by atoms with Gasteiger partial charge in [-0.3, -0.25) is 9.79 Å². The third-order valence-corrected chi connectivity index (χ3v) is 7.41. The molecule has 35 heavy (non-hydrogen) atoms. The standard InChI is InChI=1S/C22H23F4N5O3S/c1-11(22(24,25)26)34-17-9-28-15(8-29-17)18(32)30-12-4-5-14(23)13(6-12)20(2)16-7-21(16,10-33-3)35-19(27)31-20/h4-6,8-9,11,16H,7,10H2,1-3H3,(H2,27,31)(H,30,32)/t11-,16-,20-,21+/m0/s1. The van der Waals surface area contributed by atoms with Crippen LogP contribution in [0.3, 0.4) is 0 Å². The number of thioether (sulfide) groups is 1. The Hall–Kier alpha value is -2.93. The number of ether oxygens (including phenoxy) is 2. The lowest BCUT2D eigenvalue weighted by atomic mass is 9.85. The summed E-state index contributed by atoms with van der Waals surface area (Å²) in [6.45, 7) is 3.09. The molecule has 0 unspecified atom stereocenters. The molecule has 2 aromatic rings. The van der Waals surface area contributed by atoms with Crippen molar-refractivity contribution in [2.45, 2.75) is 42.8 Å². The van der Waals surface area contributed by atoms with Crippen molar-refractivity contribution >= 4 is 28.5 Å². The number of methoxy groups -OCH3 is 1. The van der Waals surface area contributed by atoms with Crippen molar-refractivity contribution in [2.24, 2.45) is 16.6 Å². The first-order chi connectivity index (χ1) is 16.4. The lowest BCUT2D eigenvalue weighted by molar-refractivity contribution is -0.190. The van der Waals surface area contributed by atoms with Crippen LogP contribution in [0.2, 0.25) is 0 Å². The molecule has 4 rings (SSSR count). The number of alkyl halides is 3. The fourth-order valence-corrected chi connectivity index (χ4v) is 5.71. The minimum atomic E-state index is -4.57. The Morgan fingerprint density at radius 3 is 2.71 bits per heavy atom. The van der Waals surface area contributed by atoms with E-state index in [9.17, 15) is 22.4 Å². The molecule has 0 spiro atoms. The van der Waals surface area contributed by atoms with Crippen molar-refractivity contribution in [3.63, 3.8) is 0 Å². The fourth-order valence-electron chi connectivity index (χ4n) is 4.26. The number of halogens is 4. The van der Waals surface area contributed by atoms with Gasteiger partial charge in [0.25, 0.3) is 5.91 Å².